The maximum Gasteiger partial charge on any atom is 0.230 e. The van der Waals surface area contributed by atoms with E-state index in [4.69, 9.17) is 16.3 Å². The Morgan fingerprint density at radius 1 is 1.24 bits per heavy atom. The number of amides is 1. The van der Waals surface area contributed by atoms with Gasteiger partial charge in [-0.15, -0.1) is 11.8 Å². The van der Waals surface area contributed by atoms with Crippen LogP contribution in [0, 0.1) is 0 Å². The number of hydrogen-bond acceptors (Lipinski definition) is 3. The van der Waals surface area contributed by atoms with Crippen molar-refractivity contribution in [2.45, 2.75) is 11.4 Å². The Morgan fingerprint density at radius 2 is 2.05 bits per heavy atom. The average Bonchev–Trinajstić information content (AvgIpc) is 2.51. The molecule has 2 rings (SSSR count). The van der Waals surface area contributed by atoms with Crippen molar-refractivity contribution in [1.82, 2.24) is 5.32 Å². The van der Waals surface area contributed by atoms with E-state index in [-0.39, 0.29) is 5.91 Å². The number of thioether (sulfide) groups is 1. The minimum atomic E-state index is -0.0113. The van der Waals surface area contributed by atoms with Crippen LogP contribution in [-0.4, -0.2) is 18.8 Å². The summed E-state index contributed by atoms with van der Waals surface area (Å²) in [5.41, 5.74) is 0.988. The number of carbonyl (C=O) groups excluding carboxylic acids is 1. The molecule has 0 fully saturated rings. The van der Waals surface area contributed by atoms with Crippen LogP contribution in [0.1, 0.15) is 5.56 Å². The fourth-order valence-electron chi connectivity index (χ4n) is 1.74. The molecule has 3 nitrogen and oxygen atoms in total. The van der Waals surface area contributed by atoms with Crippen molar-refractivity contribution in [3.63, 3.8) is 0 Å². The molecule has 0 saturated heterocycles. The molecule has 0 aliphatic heterocycles. The Labute approximate surface area is 133 Å². The third-order valence-corrected chi connectivity index (χ3v) is 4.02. The van der Waals surface area contributed by atoms with Gasteiger partial charge in [0.15, 0.2) is 0 Å². The molecule has 0 saturated carbocycles. The lowest BCUT2D eigenvalue weighted by molar-refractivity contribution is -0.118. The Morgan fingerprint density at radius 3 is 2.81 bits per heavy atom. The second-order valence-corrected chi connectivity index (χ2v) is 5.86. The number of carbonyl (C=O) groups is 1. The van der Waals surface area contributed by atoms with Crippen molar-refractivity contribution in [3.05, 3.63) is 59.1 Å². The topological polar surface area (TPSA) is 38.3 Å². The first-order valence-electron chi connectivity index (χ1n) is 6.45. The molecule has 0 spiro atoms. The van der Waals surface area contributed by atoms with Crippen molar-refractivity contribution in [3.8, 4) is 5.75 Å². The SMILES string of the molecule is COc1cccc(SCC(=O)NCc2cccc(Cl)c2)c1. The molecule has 0 unspecified atom stereocenters. The number of methoxy groups -OCH3 is 1. The van der Waals surface area contributed by atoms with E-state index in [9.17, 15) is 4.79 Å². The van der Waals surface area contributed by atoms with Gasteiger partial charge in [-0.2, -0.15) is 0 Å². The molecule has 1 N–H and O–H groups in total. The van der Waals surface area contributed by atoms with Gasteiger partial charge in [-0.3, -0.25) is 4.79 Å². The summed E-state index contributed by atoms with van der Waals surface area (Å²) in [5, 5.41) is 3.55. The van der Waals surface area contributed by atoms with Crippen LogP contribution in [0.4, 0.5) is 0 Å². The van der Waals surface area contributed by atoms with E-state index in [1.165, 1.54) is 11.8 Å². The minimum Gasteiger partial charge on any atom is -0.497 e. The summed E-state index contributed by atoms with van der Waals surface area (Å²) in [6, 6.07) is 15.1. The lowest BCUT2D eigenvalue weighted by atomic mass is 10.2. The molecule has 5 heteroatoms. The number of ether oxygens (including phenoxy) is 1. The summed E-state index contributed by atoms with van der Waals surface area (Å²) >= 11 is 7.38. The fourth-order valence-corrected chi connectivity index (χ4v) is 2.73. The molecule has 0 heterocycles. The number of hydrogen-bond donors (Lipinski definition) is 1. The standard InChI is InChI=1S/C16H16ClNO2S/c1-20-14-6-3-7-15(9-14)21-11-16(19)18-10-12-4-2-5-13(17)8-12/h2-9H,10-11H2,1H3,(H,18,19). The summed E-state index contributed by atoms with van der Waals surface area (Å²) in [4.78, 5) is 12.8. The smallest absolute Gasteiger partial charge is 0.230 e. The summed E-state index contributed by atoms with van der Waals surface area (Å²) in [6.07, 6.45) is 0. The molecule has 0 radical (unpaired) electrons. The average molecular weight is 322 g/mol. The predicted octanol–water partition coefficient (Wildman–Crippen LogP) is 3.76. The molecular weight excluding hydrogens is 306 g/mol. The molecule has 2 aromatic rings. The first kappa shape index (κ1) is 15.7. The van der Waals surface area contributed by atoms with Crippen LogP contribution >= 0.6 is 23.4 Å². The van der Waals surface area contributed by atoms with Crippen molar-refractivity contribution >= 4 is 29.3 Å². The van der Waals surface area contributed by atoms with E-state index >= 15 is 0 Å². The Hall–Kier alpha value is -1.65. The van der Waals surface area contributed by atoms with E-state index < -0.39 is 0 Å². The molecule has 21 heavy (non-hydrogen) atoms. The lowest BCUT2D eigenvalue weighted by Crippen LogP contribution is -2.24. The van der Waals surface area contributed by atoms with E-state index in [2.05, 4.69) is 5.32 Å². The summed E-state index contributed by atoms with van der Waals surface area (Å²) < 4.78 is 5.15. The molecule has 0 bridgehead atoms. The molecule has 0 atom stereocenters. The normalized spacial score (nSPS) is 10.2. The van der Waals surface area contributed by atoms with Crippen molar-refractivity contribution in [1.29, 1.82) is 0 Å². The lowest BCUT2D eigenvalue weighted by Gasteiger charge is -2.06. The fraction of sp³-hybridized carbons (Fsp3) is 0.188. The van der Waals surface area contributed by atoms with Crippen molar-refractivity contribution in [2.75, 3.05) is 12.9 Å². The van der Waals surface area contributed by atoms with Crippen LogP contribution < -0.4 is 10.1 Å². The maximum absolute atomic E-state index is 11.8. The quantitative estimate of drug-likeness (QED) is 0.823. The zero-order valence-electron chi connectivity index (χ0n) is 11.6. The van der Waals surface area contributed by atoms with Gasteiger partial charge >= 0.3 is 0 Å². The molecule has 0 aliphatic carbocycles. The van der Waals surface area contributed by atoms with Crippen molar-refractivity contribution < 1.29 is 9.53 Å². The highest BCUT2D eigenvalue weighted by atomic mass is 35.5. The number of nitrogens with one attached hydrogen (secondary N) is 1. The van der Waals surface area contributed by atoms with Crippen LogP contribution in [0.3, 0.4) is 0 Å². The van der Waals surface area contributed by atoms with Gasteiger partial charge < -0.3 is 10.1 Å². The number of rotatable bonds is 6. The van der Waals surface area contributed by atoms with Gasteiger partial charge in [-0.05, 0) is 35.9 Å². The van der Waals surface area contributed by atoms with Gasteiger partial charge in [0.2, 0.25) is 5.91 Å². The van der Waals surface area contributed by atoms with Gasteiger partial charge in [-0.25, -0.2) is 0 Å². The van der Waals surface area contributed by atoms with E-state index in [1.54, 1.807) is 7.11 Å². The van der Waals surface area contributed by atoms with Crippen LogP contribution in [0.15, 0.2) is 53.4 Å². The van der Waals surface area contributed by atoms with Crippen LogP contribution in [0.5, 0.6) is 5.75 Å². The minimum absolute atomic E-state index is 0.0113. The second-order valence-electron chi connectivity index (χ2n) is 4.37. The highest BCUT2D eigenvalue weighted by molar-refractivity contribution is 8.00. The Kier molecular flexibility index (Phi) is 5.96. The van der Waals surface area contributed by atoms with E-state index in [0.717, 1.165) is 16.2 Å². The first-order chi connectivity index (χ1) is 10.2. The summed E-state index contributed by atoms with van der Waals surface area (Å²) in [6.45, 7) is 0.484. The van der Waals surface area contributed by atoms with Gasteiger partial charge in [-0.1, -0.05) is 29.8 Å². The van der Waals surface area contributed by atoms with Gasteiger partial charge in [0, 0.05) is 16.5 Å². The highest BCUT2D eigenvalue weighted by Gasteiger charge is 2.04. The molecule has 110 valence electrons. The van der Waals surface area contributed by atoms with Gasteiger partial charge in [0.1, 0.15) is 5.75 Å². The predicted molar refractivity (Wildman–Crippen MR) is 87.0 cm³/mol. The monoisotopic (exact) mass is 321 g/mol. The molecule has 0 aromatic heterocycles. The van der Waals surface area contributed by atoms with Crippen LogP contribution in [0.2, 0.25) is 5.02 Å². The Balaban J connectivity index is 1.79. The zero-order chi connectivity index (χ0) is 15.1. The van der Waals surface area contributed by atoms with Gasteiger partial charge in [0.25, 0.3) is 0 Å². The molecular formula is C16H16ClNO2S. The van der Waals surface area contributed by atoms with Crippen molar-refractivity contribution in [2.24, 2.45) is 0 Å². The van der Waals surface area contributed by atoms with E-state index in [1.807, 2.05) is 48.5 Å². The molecule has 0 aliphatic rings. The summed E-state index contributed by atoms with van der Waals surface area (Å²) in [7, 11) is 1.63. The number of halogens is 1. The maximum atomic E-state index is 11.8. The van der Waals surface area contributed by atoms with Crippen LogP contribution in [-0.2, 0) is 11.3 Å². The van der Waals surface area contributed by atoms with E-state index in [0.29, 0.717) is 17.3 Å². The molecule has 2 aromatic carbocycles. The first-order valence-corrected chi connectivity index (χ1v) is 7.82. The Bertz CT molecular complexity index is 619. The zero-order valence-corrected chi connectivity index (χ0v) is 13.2. The van der Waals surface area contributed by atoms with Gasteiger partial charge in [0.05, 0.1) is 12.9 Å². The second kappa shape index (κ2) is 7.96. The largest absolute Gasteiger partial charge is 0.497 e. The van der Waals surface area contributed by atoms with Crippen LogP contribution in [0.25, 0.3) is 0 Å². The number of benzene rings is 2. The highest BCUT2D eigenvalue weighted by Crippen LogP contribution is 2.22. The third kappa shape index (κ3) is 5.33. The molecule has 1 amide bonds. The third-order valence-electron chi connectivity index (χ3n) is 2.79. The summed E-state index contributed by atoms with van der Waals surface area (Å²) in [5.74, 6) is 1.15.